The van der Waals surface area contributed by atoms with Gasteiger partial charge in [-0.3, -0.25) is 19.7 Å². The van der Waals surface area contributed by atoms with Crippen molar-refractivity contribution in [3.05, 3.63) is 57.6 Å². The topological polar surface area (TPSA) is 121 Å². The summed E-state index contributed by atoms with van der Waals surface area (Å²) in [5.41, 5.74) is -0.730. The third kappa shape index (κ3) is 5.11. The van der Waals surface area contributed by atoms with E-state index in [4.69, 9.17) is 27.9 Å². The molecule has 0 radical (unpaired) electrons. The third-order valence-corrected chi connectivity index (χ3v) is 11.9. The summed E-state index contributed by atoms with van der Waals surface area (Å²) in [6.45, 7) is 5.70. The number of rotatable bonds is 5. The molecule has 3 atom stereocenters. The van der Waals surface area contributed by atoms with Crippen LogP contribution >= 0.6 is 23.2 Å². The number of amides is 3. The van der Waals surface area contributed by atoms with E-state index in [1.54, 1.807) is 12.1 Å². The molecule has 4 heterocycles. The second-order valence-corrected chi connectivity index (χ2v) is 15.4. The molecule has 0 bridgehead atoms. The summed E-state index contributed by atoms with van der Waals surface area (Å²) in [4.78, 5) is 45.8. The molecule has 246 valence electrons. The lowest BCUT2D eigenvalue weighted by atomic mass is 9.53. The van der Waals surface area contributed by atoms with E-state index in [1.165, 1.54) is 12.3 Å². The quantitative estimate of drug-likeness (QED) is 0.332. The number of hydrogen-bond donors (Lipinski definition) is 4. The molecule has 7 rings (SSSR count). The number of hydrogen-bond acceptors (Lipinski definition) is 6. The predicted molar refractivity (Wildman–Crippen MR) is 172 cm³/mol. The highest BCUT2D eigenvalue weighted by molar-refractivity contribution is 6.31. The van der Waals surface area contributed by atoms with Crippen LogP contribution in [0.5, 0.6) is 0 Å². The van der Waals surface area contributed by atoms with Gasteiger partial charge in [0.2, 0.25) is 17.7 Å². The molecular weight excluding hydrogens is 632 g/mol. The van der Waals surface area contributed by atoms with Gasteiger partial charge in [-0.15, -0.1) is 0 Å². The van der Waals surface area contributed by atoms with E-state index in [1.807, 2.05) is 6.07 Å². The van der Waals surface area contributed by atoms with Gasteiger partial charge in [0.05, 0.1) is 6.04 Å². The fraction of sp³-hybridized carbons (Fsp3) is 0.588. The van der Waals surface area contributed by atoms with Gasteiger partial charge in [-0.05, 0) is 86.1 Å². The van der Waals surface area contributed by atoms with Gasteiger partial charge in [-0.1, -0.05) is 43.1 Å². The van der Waals surface area contributed by atoms with Crippen molar-refractivity contribution in [3.63, 3.8) is 0 Å². The van der Waals surface area contributed by atoms with Crippen LogP contribution in [0.15, 0.2) is 30.5 Å². The van der Waals surface area contributed by atoms with Crippen molar-refractivity contribution in [1.29, 1.82) is 0 Å². The normalized spacial score (nSPS) is 31.3. The Morgan fingerprint density at radius 1 is 1.00 bits per heavy atom. The van der Waals surface area contributed by atoms with E-state index < -0.39 is 28.7 Å². The zero-order valence-electron chi connectivity index (χ0n) is 26.1. The lowest BCUT2D eigenvalue weighted by Gasteiger charge is -2.50. The molecule has 1 aromatic heterocycles. The monoisotopic (exact) mass is 671 g/mol. The highest BCUT2D eigenvalue weighted by atomic mass is 35.5. The number of carbonyl (C=O) groups is 3. The molecule has 9 nitrogen and oxygen atoms in total. The van der Waals surface area contributed by atoms with Crippen molar-refractivity contribution >= 4 is 46.6 Å². The standard InChI is InChI=1S/C34H40Cl2FN5O4/c1-32(2)8-10-33(11-9-32)34(23-4-3-19(35)17-24(23)41-31(34)45)25(22-5-12-38-28(36)26(22)37)27(42-33)30(44)40-21-15-18(16-21)29(43)39-20-6-13-46-14-7-20/h3-5,12,17-18,20-21,25,27,42H,6-11,13-16H2,1-2H3,(H,39,43)(H,40,44)(H,41,45)/t18?,21?,25-,27+,34+/m0/s1. The molecule has 4 N–H and O–H groups in total. The number of benzene rings is 1. The summed E-state index contributed by atoms with van der Waals surface area (Å²) in [6, 6.07) is 5.75. The number of halogens is 3. The number of pyridine rings is 1. The number of ether oxygens (including phenoxy) is 1. The first-order valence-electron chi connectivity index (χ1n) is 16.3. The first-order valence-corrected chi connectivity index (χ1v) is 17.1. The Hall–Kier alpha value is -2.79. The number of fused-ring (bicyclic) bond motifs is 3. The van der Waals surface area contributed by atoms with Crippen LogP contribution in [0.3, 0.4) is 0 Å². The van der Waals surface area contributed by atoms with Gasteiger partial charge in [0.15, 0.2) is 11.0 Å². The van der Waals surface area contributed by atoms with E-state index in [2.05, 4.69) is 40.1 Å². The maximum absolute atomic E-state index is 16.1. The molecule has 4 fully saturated rings. The molecule has 2 spiro atoms. The van der Waals surface area contributed by atoms with E-state index in [0.717, 1.165) is 25.7 Å². The Balaban J connectivity index is 1.23. The van der Waals surface area contributed by atoms with E-state index >= 15 is 4.39 Å². The van der Waals surface area contributed by atoms with E-state index in [-0.39, 0.29) is 51.9 Å². The summed E-state index contributed by atoms with van der Waals surface area (Å²) in [5, 5.41) is 13.1. The largest absolute Gasteiger partial charge is 0.381 e. The minimum atomic E-state index is -1.33. The van der Waals surface area contributed by atoms with Crippen LogP contribution in [0.1, 0.15) is 82.3 Å². The van der Waals surface area contributed by atoms with Crippen LogP contribution < -0.4 is 21.3 Å². The van der Waals surface area contributed by atoms with Crippen LogP contribution in [-0.2, 0) is 24.5 Å². The van der Waals surface area contributed by atoms with Crippen LogP contribution in [0.2, 0.25) is 10.2 Å². The molecule has 46 heavy (non-hydrogen) atoms. The lowest BCUT2D eigenvalue weighted by molar-refractivity contribution is -0.132. The average Bonchev–Trinajstić information content (AvgIpc) is 3.46. The molecule has 3 aliphatic heterocycles. The van der Waals surface area contributed by atoms with Crippen LogP contribution in [0.4, 0.5) is 10.1 Å². The number of carbonyl (C=O) groups excluding carboxylic acids is 3. The Morgan fingerprint density at radius 2 is 1.70 bits per heavy atom. The number of anilines is 1. The minimum absolute atomic E-state index is 0.00314. The van der Waals surface area contributed by atoms with Crippen LogP contribution in [0, 0.1) is 17.2 Å². The van der Waals surface area contributed by atoms with Gasteiger partial charge in [0, 0.05) is 59.6 Å². The maximum atomic E-state index is 16.1. The second kappa shape index (κ2) is 11.7. The molecular formula is C34H40Cl2FN5O4. The Kier molecular flexibility index (Phi) is 8.10. The Labute approximate surface area is 278 Å². The van der Waals surface area contributed by atoms with Crippen molar-refractivity contribution < 1.29 is 23.5 Å². The zero-order valence-corrected chi connectivity index (χ0v) is 27.6. The highest BCUT2D eigenvalue weighted by Gasteiger charge is 2.73. The molecule has 3 amide bonds. The first-order chi connectivity index (χ1) is 21.9. The summed E-state index contributed by atoms with van der Waals surface area (Å²) in [6.07, 6.45) is 6.87. The minimum Gasteiger partial charge on any atom is -0.381 e. The van der Waals surface area contributed by atoms with Crippen LogP contribution in [-0.4, -0.2) is 59.6 Å². The smallest absolute Gasteiger partial charge is 0.238 e. The summed E-state index contributed by atoms with van der Waals surface area (Å²) < 4.78 is 21.5. The van der Waals surface area contributed by atoms with Crippen molar-refractivity contribution in [3.8, 4) is 0 Å². The SMILES string of the molecule is CC1(C)CCC2(CC1)N[C@@H](C(=O)NC1CC(C(=O)NC3CCOCC3)C1)[C@H](c1ccnc(Cl)c1F)[C@]21C(=O)Nc2cc(Cl)ccc21. The van der Waals surface area contributed by atoms with Gasteiger partial charge in [-0.25, -0.2) is 9.37 Å². The van der Waals surface area contributed by atoms with Gasteiger partial charge in [0.25, 0.3) is 0 Å². The fourth-order valence-corrected chi connectivity index (χ4v) is 9.07. The molecule has 12 heteroatoms. The molecule has 2 aromatic rings. The predicted octanol–water partition coefficient (Wildman–Crippen LogP) is 5.00. The van der Waals surface area contributed by atoms with Crippen molar-refractivity contribution in [2.24, 2.45) is 11.3 Å². The fourth-order valence-electron chi connectivity index (χ4n) is 8.73. The van der Waals surface area contributed by atoms with Crippen LogP contribution in [0.25, 0.3) is 0 Å². The summed E-state index contributed by atoms with van der Waals surface area (Å²) >= 11 is 12.6. The maximum Gasteiger partial charge on any atom is 0.238 e. The number of nitrogens with one attached hydrogen (secondary N) is 4. The van der Waals surface area contributed by atoms with E-state index in [9.17, 15) is 14.4 Å². The molecule has 2 aliphatic carbocycles. The van der Waals surface area contributed by atoms with Crippen molar-refractivity contribution in [2.75, 3.05) is 18.5 Å². The second-order valence-electron chi connectivity index (χ2n) is 14.6. The van der Waals surface area contributed by atoms with E-state index in [0.29, 0.717) is 55.2 Å². The third-order valence-electron chi connectivity index (χ3n) is 11.4. The molecule has 5 aliphatic rings. The van der Waals surface area contributed by atoms with Gasteiger partial charge in [0.1, 0.15) is 5.41 Å². The summed E-state index contributed by atoms with van der Waals surface area (Å²) in [5.74, 6) is -2.50. The van der Waals surface area contributed by atoms with Gasteiger partial charge >= 0.3 is 0 Å². The van der Waals surface area contributed by atoms with Gasteiger partial charge in [-0.2, -0.15) is 0 Å². The van der Waals surface area contributed by atoms with Gasteiger partial charge < -0.3 is 20.7 Å². The first kappa shape index (κ1) is 31.8. The molecule has 1 aromatic carbocycles. The Bertz CT molecular complexity index is 1570. The molecule has 2 saturated carbocycles. The zero-order chi connectivity index (χ0) is 32.4. The number of nitrogens with zero attached hydrogens (tertiary/aromatic N) is 1. The number of aromatic nitrogens is 1. The van der Waals surface area contributed by atoms with Crippen molar-refractivity contribution in [2.45, 2.75) is 100 Å². The molecule has 0 unspecified atom stereocenters. The lowest BCUT2D eigenvalue weighted by Crippen LogP contribution is -2.61. The average molecular weight is 673 g/mol. The Morgan fingerprint density at radius 3 is 2.41 bits per heavy atom. The van der Waals surface area contributed by atoms with Crippen molar-refractivity contribution in [1.82, 2.24) is 20.9 Å². The summed E-state index contributed by atoms with van der Waals surface area (Å²) in [7, 11) is 0. The molecule has 2 saturated heterocycles. The highest BCUT2D eigenvalue weighted by Crippen LogP contribution is 2.64.